The molecule has 1 aromatic carbocycles. The van der Waals surface area contributed by atoms with E-state index in [1.807, 2.05) is 6.92 Å². The largest absolute Gasteiger partial charge is 0.478 e. The summed E-state index contributed by atoms with van der Waals surface area (Å²) in [4.78, 5) is 11.5. The van der Waals surface area contributed by atoms with Crippen LogP contribution in [-0.2, 0) is 0 Å². The molecule has 3 nitrogen and oxygen atoms in total. The van der Waals surface area contributed by atoms with Gasteiger partial charge in [-0.3, -0.25) is 0 Å². The number of hydrogen-bond acceptors (Lipinski definition) is 3. The van der Waals surface area contributed by atoms with Gasteiger partial charge in [0.15, 0.2) is 0 Å². The second-order valence-electron chi connectivity index (χ2n) is 3.03. The number of benzene rings is 1. The van der Waals surface area contributed by atoms with E-state index in [-0.39, 0.29) is 22.4 Å². The van der Waals surface area contributed by atoms with Crippen LogP contribution < -0.4 is 0 Å². The molecule has 0 spiro atoms. The average molecular weight is 247 g/mol. The minimum absolute atomic E-state index is 0.00373. The lowest BCUT2D eigenvalue weighted by molar-refractivity contribution is 0.0693. The summed E-state index contributed by atoms with van der Waals surface area (Å²) in [5, 5.41) is 18.0. The molecule has 82 valence electrons. The topological polar surface area (TPSA) is 57.5 Å². The van der Waals surface area contributed by atoms with Crippen molar-refractivity contribution in [1.29, 1.82) is 0 Å². The quantitative estimate of drug-likeness (QED) is 0.802. The van der Waals surface area contributed by atoms with E-state index in [0.29, 0.717) is 4.90 Å². The Hall–Kier alpha value is -0.710. The van der Waals surface area contributed by atoms with Crippen LogP contribution in [0.4, 0.5) is 0 Å². The number of halogens is 1. The van der Waals surface area contributed by atoms with E-state index in [1.165, 1.54) is 11.8 Å². The lowest BCUT2D eigenvalue weighted by Crippen LogP contribution is -2.05. The Morgan fingerprint density at radius 1 is 1.60 bits per heavy atom. The molecule has 0 fully saturated rings. The summed E-state index contributed by atoms with van der Waals surface area (Å²) in [7, 11) is 0. The summed E-state index contributed by atoms with van der Waals surface area (Å²) in [6, 6.07) is 4.92. The fourth-order valence-electron chi connectivity index (χ4n) is 1.06. The second kappa shape index (κ2) is 5.39. The Labute approximate surface area is 97.1 Å². The minimum atomic E-state index is -1.05. The fraction of sp³-hybridized carbons (Fsp3) is 0.300. The SMILES string of the molecule is CC(CO)Sc1cccc(Cl)c1C(=O)O. The van der Waals surface area contributed by atoms with E-state index in [4.69, 9.17) is 21.8 Å². The number of carboxylic acids is 1. The molecule has 0 aliphatic rings. The highest BCUT2D eigenvalue weighted by Crippen LogP contribution is 2.30. The van der Waals surface area contributed by atoms with Crippen LogP contribution in [0.3, 0.4) is 0 Å². The average Bonchev–Trinajstić information content (AvgIpc) is 2.17. The summed E-state index contributed by atoms with van der Waals surface area (Å²) < 4.78 is 0. The highest BCUT2D eigenvalue weighted by Gasteiger charge is 2.16. The van der Waals surface area contributed by atoms with Crippen LogP contribution in [0.5, 0.6) is 0 Å². The van der Waals surface area contributed by atoms with Crippen LogP contribution in [0.2, 0.25) is 5.02 Å². The van der Waals surface area contributed by atoms with Crippen molar-refractivity contribution in [2.45, 2.75) is 17.1 Å². The number of thioether (sulfide) groups is 1. The number of aliphatic hydroxyl groups excluding tert-OH is 1. The highest BCUT2D eigenvalue weighted by atomic mass is 35.5. The van der Waals surface area contributed by atoms with Gasteiger partial charge in [0.25, 0.3) is 0 Å². The summed E-state index contributed by atoms with van der Waals surface area (Å²) in [5.41, 5.74) is 0.101. The van der Waals surface area contributed by atoms with Gasteiger partial charge >= 0.3 is 5.97 Å². The zero-order chi connectivity index (χ0) is 11.4. The van der Waals surface area contributed by atoms with Crippen LogP contribution in [0, 0.1) is 0 Å². The van der Waals surface area contributed by atoms with Crippen LogP contribution in [0.25, 0.3) is 0 Å². The molecule has 0 amide bonds. The molecule has 0 aliphatic carbocycles. The lowest BCUT2D eigenvalue weighted by atomic mass is 10.2. The number of aliphatic hydroxyl groups is 1. The van der Waals surface area contributed by atoms with Gasteiger partial charge in [0.05, 0.1) is 17.2 Å². The summed E-state index contributed by atoms with van der Waals surface area (Å²) in [5.74, 6) is -1.05. The fourth-order valence-corrected chi connectivity index (χ4v) is 2.36. The smallest absolute Gasteiger partial charge is 0.338 e. The van der Waals surface area contributed by atoms with Crippen LogP contribution in [0.15, 0.2) is 23.1 Å². The third-order valence-electron chi connectivity index (χ3n) is 1.77. The van der Waals surface area contributed by atoms with Crippen LogP contribution >= 0.6 is 23.4 Å². The van der Waals surface area contributed by atoms with Crippen molar-refractivity contribution in [3.63, 3.8) is 0 Å². The van der Waals surface area contributed by atoms with Crippen molar-refractivity contribution in [2.24, 2.45) is 0 Å². The highest BCUT2D eigenvalue weighted by molar-refractivity contribution is 8.00. The zero-order valence-electron chi connectivity index (χ0n) is 8.11. The molecule has 1 aromatic rings. The minimum Gasteiger partial charge on any atom is -0.478 e. The second-order valence-corrected chi connectivity index (χ2v) is 4.92. The zero-order valence-corrected chi connectivity index (χ0v) is 9.68. The van der Waals surface area contributed by atoms with E-state index in [1.54, 1.807) is 18.2 Å². The van der Waals surface area contributed by atoms with Gasteiger partial charge in [0.1, 0.15) is 0 Å². The molecule has 1 rings (SSSR count). The molecule has 1 atom stereocenters. The van der Waals surface area contributed by atoms with E-state index >= 15 is 0 Å². The predicted molar refractivity (Wildman–Crippen MR) is 60.8 cm³/mol. The summed E-state index contributed by atoms with van der Waals surface area (Å²) in [6.07, 6.45) is 0. The molecule has 0 radical (unpaired) electrons. The van der Waals surface area contributed by atoms with Gasteiger partial charge in [-0.2, -0.15) is 0 Å². The Kier molecular flexibility index (Phi) is 4.45. The third kappa shape index (κ3) is 3.12. The predicted octanol–water partition coefficient (Wildman–Crippen LogP) is 2.51. The maximum Gasteiger partial charge on any atom is 0.338 e. The number of aromatic carboxylic acids is 1. The van der Waals surface area contributed by atoms with Crippen molar-refractivity contribution >= 4 is 29.3 Å². The molecule has 0 aromatic heterocycles. The van der Waals surface area contributed by atoms with Crippen molar-refractivity contribution < 1.29 is 15.0 Å². The first kappa shape index (κ1) is 12.4. The molecule has 0 heterocycles. The Morgan fingerprint density at radius 2 is 2.27 bits per heavy atom. The van der Waals surface area contributed by atoms with Gasteiger partial charge in [-0.05, 0) is 12.1 Å². The van der Waals surface area contributed by atoms with Crippen LogP contribution in [-0.4, -0.2) is 28.0 Å². The number of carboxylic acid groups (broad SMARTS) is 1. The van der Waals surface area contributed by atoms with Gasteiger partial charge in [-0.15, -0.1) is 11.8 Å². The maximum absolute atomic E-state index is 11.0. The monoisotopic (exact) mass is 246 g/mol. The Balaban J connectivity index is 3.06. The van der Waals surface area contributed by atoms with Crippen molar-refractivity contribution in [3.05, 3.63) is 28.8 Å². The normalized spacial score (nSPS) is 12.5. The van der Waals surface area contributed by atoms with Gasteiger partial charge in [0, 0.05) is 10.1 Å². The van der Waals surface area contributed by atoms with Crippen molar-refractivity contribution in [2.75, 3.05) is 6.61 Å². The standard InChI is InChI=1S/C10H11ClO3S/c1-6(5-12)15-8-4-2-3-7(11)9(8)10(13)14/h2-4,6,12H,5H2,1H3,(H,13,14). The molecule has 2 N–H and O–H groups in total. The van der Waals surface area contributed by atoms with Crippen molar-refractivity contribution in [1.82, 2.24) is 0 Å². The molecule has 0 saturated carbocycles. The molecule has 0 bridgehead atoms. The van der Waals surface area contributed by atoms with E-state index in [2.05, 4.69) is 0 Å². The van der Waals surface area contributed by atoms with Crippen molar-refractivity contribution in [3.8, 4) is 0 Å². The Morgan fingerprint density at radius 3 is 2.80 bits per heavy atom. The van der Waals surface area contributed by atoms with Crippen LogP contribution in [0.1, 0.15) is 17.3 Å². The number of hydrogen-bond donors (Lipinski definition) is 2. The maximum atomic E-state index is 11.0. The molecular formula is C10H11ClO3S. The van der Waals surface area contributed by atoms with E-state index in [9.17, 15) is 4.79 Å². The van der Waals surface area contributed by atoms with Gasteiger partial charge in [-0.1, -0.05) is 24.6 Å². The first-order chi connectivity index (χ1) is 7.06. The summed E-state index contributed by atoms with van der Waals surface area (Å²) in [6.45, 7) is 1.81. The first-order valence-electron chi connectivity index (χ1n) is 4.35. The molecular weight excluding hydrogens is 236 g/mol. The first-order valence-corrected chi connectivity index (χ1v) is 5.61. The number of carbonyl (C=O) groups is 1. The molecule has 5 heteroatoms. The summed E-state index contributed by atoms with van der Waals surface area (Å²) >= 11 is 7.09. The number of rotatable bonds is 4. The molecule has 1 unspecified atom stereocenters. The molecule has 0 saturated heterocycles. The van der Waals surface area contributed by atoms with Gasteiger partial charge < -0.3 is 10.2 Å². The lowest BCUT2D eigenvalue weighted by Gasteiger charge is -2.10. The van der Waals surface area contributed by atoms with E-state index < -0.39 is 5.97 Å². The third-order valence-corrected chi connectivity index (χ3v) is 3.24. The van der Waals surface area contributed by atoms with Gasteiger partial charge in [0.2, 0.25) is 0 Å². The molecule has 15 heavy (non-hydrogen) atoms. The van der Waals surface area contributed by atoms with E-state index in [0.717, 1.165) is 0 Å². The van der Waals surface area contributed by atoms with Gasteiger partial charge in [-0.25, -0.2) is 4.79 Å². The Bertz CT molecular complexity index is 368. The molecule has 0 aliphatic heterocycles.